The van der Waals surface area contributed by atoms with Gasteiger partial charge in [0, 0.05) is 24.5 Å². The molecule has 0 bridgehead atoms. The van der Waals surface area contributed by atoms with E-state index in [1.165, 1.54) is 0 Å². The van der Waals surface area contributed by atoms with Crippen molar-refractivity contribution in [1.82, 2.24) is 9.03 Å². The minimum atomic E-state index is -3.34. The zero-order chi connectivity index (χ0) is 12.9. The van der Waals surface area contributed by atoms with Gasteiger partial charge in [-0.2, -0.15) is 17.4 Å². The predicted octanol–water partition coefficient (Wildman–Crippen LogP) is 2.10. The number of alkyl halides is 1. The molecule has 0 aliphatic carbocycles. The van der Waals surface area contributed by atoms with E-state index in [0.717, 1.165) is 25.7 Å². The molecule has 0 aromatic carbocycles. The van der Waals surface area contributed by atoms with E-state index in [1.807, 2.05) is 13.8 Å². The van der Waals surface area contributed by atoms with Crippen molar-refractivity contribution in [3.8, 4) is 0 Å². The highest BCUT2D eigenvalue weighted by Gasteiger charge is 2.30. The molecule has 2 unspecified atom stereocenters. The van der Waals surface area contributed by atoms with E-state index in [-0.39, 0.29) is 12.1 Å². The van der Waals surface area contributed by atoms with Crippen LogP contribution in [0.3, 0.4) is 0 Å². The summed E-state index contributed by atoms with van der Waals surface area (Å²) in [4.78, 5) is 0. The number of nitrogens with zero attached hydrogens (tertiary/aromatic N) is 1. The van der Waals surface area contributed by atoms with Crippen molar-refractivity contribution in [2.75, 3.05) is 12.4 Å². The van der Waals surface area contributed by atoms with Crippen LogP contribution in [0.15, 0.2) is 0 Å². The Hall–Kier alpha value is 0.160. The van der Waals surface area contributed by atoms with Crippen molar-refractivity contribution in [3.05, 3.63) is 0 Å². The lowest BCUT2D eigenvalue weighted by Crippen LogP contribution is -2.50. The van der Waals surface area contributed by atoms with Gasteiger partial charge in [-0.05, 0) is 32.6 Å². The molecule has 0 spiro atoms. The van der Waals surface area contributed by atoms with Crippen LogP contribution in [0, 0.1) is 0 Å². The van der Waals surface area contributed by atoms with Crippen LogP contribution < -0.4 is 4.72 Å². The number of piperidine rings is 1. The van der Waals surface area contributed by atoms with Crippen molar-refractivity contribution in [2.45, 2.75) is 58.0 Å². The molecule has 0 amide bonds. The van der Waals surface area contributed by atoms with Gasteiger partial charge in [-0.15, -0.1) is 11.6 Å². The molecule has 1 heterocycles. The summed E-state index contributed by atoms with van der Waals surface area (Å²) in [6.45, 7) is 4.58. The summed E-state index contributed by atoms with van der Waals surface area (Å²) in [5.74, 6) is 0.483. The molecule has 0 aromatic heterocycles. The Kier molecular flexibility index (Phi) is 6.20. The van der Waals surface area contributed by atoms with Crippen LogP contribution in [0.5, 0.6) is 0 Å². The number of hydrogen-bond donors (Lipinski definition) is 1. The van der Waals surface area contributed by atoms with Gasteiger partial charge in [0.1, 0.15) is 0 Å². The zero-order valence-corrected chi connectivity index (χ0v) is 12.2. The maximum absolute atomic E-state index is 12.2. The molecule has 0 aromatic rings. The van der Waals surface area contributed by atoms with Gasteiger partial charge in [0.25, 0.3) is 10.2 Å². The lowest BCUT2D eigenvalue weighted by atomic mass is 10.1. The summed E-state index contributed by atoms with van der Waals surface area (Å²) >= 11 is 5.67. The first kappa shape index (κ1) is 15.2. The quantitative estimate of drug-likeness (QED) is 0.759. The fourth-order valence-corrected chi connectivity index (χ4v) is 4.24. The van der Waals surface area contributed by atoms with Crippen molar-refractivity contribution < 1.29 is 8.42 Å². The first-order valence-corrected chi connectivity index (χ1v) is 8.33. The lowest BCUT2D eigenvalue weighted by Gasteiger charge is -2.33. The maximum atomic E-state index is 12.2. The van der Waals surface area contributed by atoms with E-state index in [9.17, 15) is 8.42 Å². The summed E-state index contributed by atoms with van der Waals surface area (Å²) in [6, 6.07) is 0.0568. The third kappa shape index (κ3) is 4.39. The minimum absolute atomic E-state index is 0.0494. The molecular weight excluding hydrogens is 260 g/mol. The monoisotopic (exact) mass is 282 g/mol. The Labute approximate surface area is 110 Å². The Morgan fingerprint density at radius 1 is 1.47 bits per heavy atom. The van der Waals surface area contributed by atoms with Crippen LogP contribution in [0.2, 0.25) is 0 Å². The number of halogens is 1. The number of hydrogen-bond acceptors (Lipinski definition) is 2. The van der Waals surface area contributed by atoms with E-state index in [0.29, 0.717) is 18.8 Å². The van der Waals surface area contributed by atoms with Crippen LogP contribution >= 0.6 is 11.6 Å². The van der Waals surface area contributed by atoms with Gasteiger partial charge in [-0.3, -0.25) is 0 Å². The lowest BCUT2D eigenvalue weighted by molar-refractivity contribution is 0.263. The highest BCUT2D eigenvalue weighted by molar-refractivity contribution is 7.87. The van der Waals surface area contributed by atoms with Crippen molar-refractivity contribution in [2.24, 2.45) is 0 Å². The predicted molar refractivity (Wildman–Crippen MR) is 71.5 cm³/mol. The van der Waals surface area contributed by atoms with Crippen LogP contribution in [0.1, 0.15) is 46.0 Å². The van der Waals surface area contributed by atoms with Crippen molar-refractivity contribution in [3.63, 3.8) is 0 Å². The van der Waals surface area contributed by atoms with Gasteiger partial charge < -0.3 is 0 Å². The van der Waals surface area contributed by atoms with Gasteiger partial charge in [0.05, 0.1) is 0 Å². The maximum Gasteiger partial charge on any atom is 0.279 e. The van der Waals surface area contributed by atoms with E-state index in [2.05, 4.69) is 4.72 Å². The highest BCUT2D eigenvalue weighted by Crippen LogP contribution is 2.19. The second kappa shape index (κ2) is 6.92. The molecule has 1 fully saturated rings. The summed E-state index contributed by atoms with van der Waals surface area (Å²) in [5.41, 5.74) is 0. The largest absolute Gasteiger partial charge is 0.279 e. The molecule has 1 N–H and O–H groups in total. The molecule has 4 nitrogen and oxygen atoms in total. The average molecular weight is 283 g/mol. The highest BCUT2D eigenvalue weighted by atomic mass is 35.5. The van der Waals surface area contributed by atoms with Crippen LogP contribution in [-0.2, 0) is 10.2 Å². The topological polar surface area (TPSA) is 49.4 Å². The third-order valence-electron chi connectivity index (χ3n) is 3.32. The van der Waals surface area contributed by atoms with Gasteiger partial charge in [-0.25, -0.2) is 0 Å². The molecule has 1 rings (SSSR count). The second-order valence-electron chi connectivity index (χ2n) is 4.66. The molecule has 6 heteroatoms. The molecule has 1 aliphatic heterocycles. The Balaban J connectivity index is 2.65. The van der Waals surface area contributed by atoms with Crippen LogP contribution in [0.4, 0.5) is 0 Å². The summed E-state index contributed by atoms with van der Waals surface area (Å²) in [7, 11) is -3.34. The standard InChI is InChI=1S/C11H23ClN2O2S/c1-3-11(7-8-12)13-17(15,16)14-9-5-4-6-10(14)2/h10-11,13H,3-9H2,1-2H3. The Bertz CT molecular complexity index is 321. The average Bonchev–Trinajstić information content (AvgIpc) is 2.28. The molecule has 1 aliphatic rings. The van der Waals surface area contributed by atoms with E-state index in [1.54, 1.807) is 4.31 Å². The zero-order valence-electron chi connectivity index (χ0n) is 10.7. The first-order valence-electron chi connectivity index (χ1n) is 6.36. The number of nitrogens with one attached hydrogen (secondary N) is 1. The molecular formula is C11H23ClN2O2S. The summed E-state index contributed by atoms with van der Waals surface area (Å²) in [5, 5.41) is 0. The molecule has 0 radical (unpaired) electrons. The van der Waals surface area contributed by atoms with E-state index < -0.39 is 10.2 Å². The Morgan fingerprint density at radius 2 is 2.18 bits per heavy atom. The van der Waals surface area contributed by atoms with Crippen molar-refractivity contribution in [1.29, 1.82) is 0 Å². The molecule has 17 heavy (non-hydrogen) atoms. The van der Waals surface area contributed by atoms with E-state index >= 15 is 0 Å². The fourth-order valence-electron chi connectivity index (χ4n) is 2.19. The SMILES string of the molecule is CCC(CCCl)NS(=O)(=O)N1CCCCC1C. The van der Waals surface area contributed by atoms with Gasteiger partial charge in [-0.1, -0.05) is 13.3 Å². The van der Waals surface area contributed by atoms with Gasteiger partial charge in [0.15, 0.2) is 0 Å². The second-order valence-corrected chi connectivity index (χ2v) is 6.69. The third-order valence-corrected chi connectivity index (χ3v) is 5.33. The van der Waals surface area contributed by atoms with E-state index in [4.69, 9.17) is 11.6 Å². The molecule has 2 atom stereocenters. The Morgan fingerprint density at radius 3 is 2.71 bits per heavy atom. The van der Waals surface area contributed by atoms with Gasteiger partial charge in [0.2, 0.25) is 0 Å². The normalized spacial score (nSPS) is 24.8. The molecule has 0 saturated carbocycles. The van der Waals surface area contributed by atoms with Crippen molar-refractivity contribution >= 4 is 21.8 Å². The summed E-state index contributed by atoms with van der Waals surface area (Å²) in [6.07, 6.45) is 4.48. The molecule has 102 valence electrons. The number of rotatable bonds is 6. The summed E-state index contributed by atoms with van der Waals surface area (Å²) < 4.78 is 28.8. The first-order chi connectivity index (χ1) is 8.01. The van der Waals surface area contributed by atoms with Gasteiger partial charge >= 0.3 is 0 Å². The molecule has 1 saturated heterocycles. The van der Waals surface area contributed by atoms with Crippen LogP contribution in [0.25, 0.3) is 0 Å². The smallest absolute Gasteiger partial charge is 0.199 e. The minimum Gasteiger partial charge on any atom is -0.199 e. The fraction of sp³-hybridized carbons (Fsp3) is 1.00. The van der Waals surface area contributed by atoms with Crippen LogP contribution in [-0.4, -0.2) is 37.2 Å².